The highest BCUT2D eigenvalue weighted by Crippen LogP contribution is 2.30. The van der Waals surface area contributed by atoms with Gasteiger partial charge < -0.3 is 5.32 Å². The highest BCUT2D eigenvalue weighted by atomic mass is 32.2. The number of nitrogens with zero attached hydrogens (tertiary/aromatic N) is 1. The maximum Gasteiger partial charge on any atom is 0.261 e. The van der Waals surface area contributed by atoms with Crippen molar-refractivity contribution in [2.45, 2.75) is 18.2 Å². The molecule has 2 N–H and O–H groups in total. The SMILES string of the molecule is Cc1ccccc1NS(=O)(=O)c1ccc2c(c1)C(=O)C(C(=O)NCCc1ccccc1)C=N2. The Bertz CT molecular complexity index is 1330. The number of amides is 1. The van der Waals surface area contributed by atoms with Gasteiger partial charge in [0.1, 0.15) is 5.92 Å². The third kappa shape index (κ3) is 5.01. The molecule has 0 aliphatic carbocycles. The fourth-order valence-corrected chi connectivity index (χ4v) is 4.70. The number of aryl methyl sites for hydroxylation is 1. The van der Waals surface area contributed by atoms with Gasteiger partial charge in [-0.2, -0.15) is 0 Å². The Morgan fingerprint density at radius 1 is 1.00 bits per heavy atom. The van der Waals surface area contributed by atoms with Crippen LogP contribution in [0, 0.1) is 12.8 Å². The number of rotatable bonds is 7. The van der Waals surface area contributed by atoms with Gasteiger partial charge in [-0.25, -0.2) is 8.42 Å². The predicted octanol–water partition coefficient (Wildman–Crippen LogP) is 3.67. The summed E-state index contributed by atoms with van der Waals surface area (Å²) in [4.78, 5) is 29.8. The lowest BCUT2D eigenvalue weighted by molar-refractivity contribution is -0.121. The molecule has 7 nitrogen and oxygen atoms in total. The number of benzene rings is 3. The molecule has 1 amide bonds. The van der Waals surface area contributed by atoms with Crippen molar-refractivity contribution in [1.82, 2.24) is 5.32 Å². The summed E-state index contributed by atoms with van der Waals surface area (Å²) in [5.74, 6) is -2.04. The first-order valence-electron chi connectivity index (χ1n) is 10.5. The molecule has 33 heavy (non-hydrogen) atoms. The molecular weight excluding hydrogens is 438 g/mol. The number of anilines is 1. The number of carbonyl (C=O) groups is 2. The van der Waals surface area contributed by atoms with Crippen molar-refractivity contribution < 1.29 is 18.0 Å². The van der Waals surface area contributed by atoms with E-state index < -0.39 is 27.6 Å². The number of hydrogen-bond acceptors (Lipinski definition) is 5. The second-order valence-corrected chi connectivity index (χ2v) is 9.43. The summed E-state index contributed by atoms with van der Waals surface area (Å²) < 4.78 is 28.3. The van der Waals surface area contributed by atoms with E-state index in [0.29, 0.717) is 24.3 Å². The number of aliphatic imine (C=N–C) groups is 1. The van der Waals surface area contributed by atoms with Crippen LogP contribution >= 0.6 is 0 Å². The molecule has 0 fully saturated rings. The van der Waals surface area contributed by atoms with Gasteiger partial charge in [-0.05, 0) is 48.7 Å². The van der Waals surface area contributed by atoms with E-state index in [-0.39, 0.29) is 10.5 Å². The summed E-state index contributed by atoms with van der Waals surface area (Å²) in [6, 6.07) is 20.8. The van der Waals surface area contributed by atoms with Crippen LogP contribution in [0.15, 0.2) is 82.7 Å². The molecule has 1 atom stereocenters. The van der Waals surface area contributed by atoms with Crippen molar-refractivity contribution in [2.24, 2.45) is 10.9 Å². The minimum atomic E-state index is -3.93. The topological polar surface area (TPSA) is 105 Å². The molecule has 0 bridgehead atoms. The van der Waals surface area contributed by atoms with Gasteiger partial charge in [-0.15, -0.1) is 0 Å². The number of nitrogens with one attached hydrogen (secondary N) is 2. The number of carbonyl (C=O) groups excluding carboxylic acids is 2. The first kappa shape index (κ1) is 22.4. The van der Waals surface area contributed by atoms with Gasteiger partial charge in [0, 0.05) is 18.3 Å². The molecule has 168 valence electrons. The largest absolute Gasteiger partial charge is 0.355 e. The summed E-state index contributed by atoms with van der Waals surface area (Å²) in [6.45, 7) is 2.17. The molecule has 3 aromatic rings. The molecule has 0 saturated heterocycles. The molecule has 0 spiro atoms. The Balaban J connectivity index is 1.49. The van der Waals surface area contributed by atoms with Gasteiger partial charge in [0.25, 0.3) is 10.0 Å². The number of fused-ring (bicyclic) bond motifs is 1. The molecule has 1 heterocycles. The molecular formula is C25H23N3O4S. The first-order chi connectivity index (χ1) is 15.8. The minimum Gasteiger partial charge on any atom is -0.355 e. The van der Waals surface area contributed by atoms with Gasteiger partial charge in [0.05, 0.1) is 16.3 Å². The van der Waals surface area contributed by atoms with Crippen LogP contribution < -0.4 is 10.0 Å². The van der Waals surface area contributed by atoms with Gasteiger partial charge in [-0.1, -0.05) is 48.5 Å². The van der Waals surface area contributed by atoms with E-state index in [0.717, 1.165) is 11.1 Å². The van der Waals surface area contributed by atoms with Crippen LogP contribution in [0.4, 0.5) is 11.4 Å². The van der Waals surface area contributed by atoms with E-state index in [2.05, 4.69) is 15.0 Å². The zero-order valence-corrected chi connectivity index (χ0v) is 18.8. The van der Waals surface area contributed by atoms with Gasteiger partial charge >= 0.3 is 0 Å². The normalized spacial score (nSPS) is 15.1. The molecule has 1 aliphatic heterocycles. The first-order valence-corrected chi connectivity index (χ1v) is 12.0. The summed E-state index contributed by atoms with van der Waals surface area (Å²) in [6.07, 6.45) is 1.94. The molecule has 4 rings (SSSR count). The average Bonchev–Trinajstić information content (AvgIpc) is 2.81. The molecule has 0 aromatic heterocycles. The Hall–Kier alpha value is -3.78. The smallest absolute Gasteiger partial charge is 0.261 e. The Morgan fingerprint density at radius 3 is 2.48 bits per heavy atom. The van der Waals surface area contributed by atoms with Crippen molar-refractivity contribution in [1.29, 1.82) is 0 Å². The van der Waals surface area contributed by atoms with Crippen LogP contribution in [0.5, 0.6) is 0 Å². The number of Topliss-reactive ketones (excluding diaryl/α,β-unsaturated/α-hetero) is 1. The number of sulfonamides is 1. The fourth-order valence-electron chi connectivity index (χ4n) is 3.54. The molecule has 1 aliphatic rings. The lowest BCUT2D eigenvalue weighted by atomic mass is 9.94. The Kier molecular flexibility index (Phi) is 6.37. The van der Waals surface area contributed by atoms with Crippen LogP contribution in [-0.4, -0.2) is 32.9 Å². The summed E-state index contributed by atoms with van der Waals surface area (Å²) >= 11 is 0. The zero-order valence-electron chi connectivity index (χ0n) is 18.0. The van der Waals surface area contributed by atoms with E-state index in [9.17, 15) is 18.0 Å². The third-order valence-corrected chi connectivity index (χ3v) is 6.78. The van der Waals surface area contributed by atoms with E-state index in [1.165, 1.54) is 24.4 Å². The summed E-state index contributed by atoms with van der Waals surface area (Å²) in [5.41, 5.74) is 2.74. The average molecular weight is 462 g/mol. The van der Waals surface area contributed by atoms with E-state index in [1.54, 1.807) is 25.1 Å². The van der Waals surface area contributed by atoms with Crippen molar-refractivity contribution in [3.05, 3.63) is 89.5 Å². The Labute approximate surface area is 192 Å². The second-order valence-electron chi connectivity index (χ2n) is 7.75. The van der Waals surface area contributed by atoms with Crippen LogP contribution in [0.25, 0.3) is 0 Å². The van der Waals surface area contributed by atoms with Crippen LogP contribution in [0.3, 0.4) is 0 Å². The second kappa shape index (κ2) is 9.38. The van der Waals surface area contributed by atoms with Crippen LogP contribution in [0.1, 0.15) is 21.5 Å². The molecule has 8 heteroatoms. The quantitative estimate of drug-likeness (QED) is 0.524. The highest BCUT2D eigenvalue weighted by molar-refractivity contribution is 7.92. The van der Waals surface area contributed by atoms with Gasteiger partial charge in [-0.3, -0.25) is 19.3 Å². The van der Waals surface area contributed by atoms with E-state index in [4.69, 9.17) is 0 Å². The lowest BCUT2D eigenvalue weighted by Crippen LogP contribution is -2.38. The maximum atomic E-state index is 13.0. The third-order valence-electron chi connectivity index (χ3n) is 5.42. The van der Waals surface area contributed by atoms with Crippen molar-refractivity contribution >= 4 is 39.3 Å². The summed E-state index contributed by atoms with van der Waals surface area (Å²) in [5, 5.41) is 2.76. The number of ketones is 1. The van der Waals surface area contributed by atoms with Crippen molar-refractivity contribution in [2.75, 3.05) is 11.3 Å². The minimum absolute atomic E-state index is 0.0711. The summed E-state index contributed by atoms with van der Waals surface area (Å²) in [7, 11) is -3.93. The number of hydrogen-bond donors (Lipinski definition) is 2. The molecule has 1 unspecified atom stereocenters. The monoisotopic (exact) mass is 461 g/mol. The van der Waals surface area contributed by atoms with Crippen LogP contribution in [-0.2, 0) is 21.2 Å². The standard InChI is InChI=1S/C25H23N3O4S/c1-17-7-5-6-10-22(17)28-33(31,32)19-11-12-23-20(15-19)24(29)21(16-27-23)25(30)26-14-13-18-8-3-2-4-9-18/h2-12,15-16,21,28H,13-14H2,1H3,(H,26,30). The molecule has 3 aromatic carbocycles. The molecule has 0 saturated carbocycles. The maximum absolute atomic E-state index is 13.0. The van der Waals surface area contributed by atoms with Crippen molar-refractivity contribution in [3.8, 4) is 0 Å². The van der Waals surface area contributed by atoms with Crippen molar-refractivity contribution in [3.63, 3.8) is 0 Å². The lowest BCUT2D eigenvalue weighted by Gasteiger charge is -2.18. The van der Waals surface area contributed by atoms with E-state index >= 15 is 0 Å². The number of para-hydroxylation sites is 1. The molecule has 0 radical (unpaired) electrons. The highest BCUT2D eigenvalue weighted by Gasteiger charge is 2.31. The zero-order chi connectivity index (χ0) is 23.4. The van der Waals surface area contributed by atoms with Gasteiger partial charge in [0.2, 0.25) is 5.91 Å². The van der Waals surface area contributed by atoms with Crippen LogP contribution in [0.2, 0.25) is 0 Å². The fraction of sp³-hybridized carbons (Fsp3) is 0.160. The van der Waals surface area contributed by atoms with Gasteiger partial charge in [0.15, 0.2) is 5.78 Å². The van der Waals surface area contributed by atoms with E-state index in [1.807, 2.05) is 36.4 Å². The predicted molar refractivity (Wildman–Crippen MR) is 128 cm³/mol. The Morgan fingerprint density at radius 2 is 1.73 bits per heavy atom.